The number of rotatable bonds is 7. The van der Waals surface area contributed by atoms with Crippen LogP contribution in [0.1, 0.15) is 32.1 Å². The quantitative estimate of drug-likeness (QED) is 0.398. The van der Waals surface area contributed by atoms with E-state index < -0.39 is 10.1 Å². The molecular formula is C11H19NO4S. The molecule has 0 heterocycles. The highest BCUT2D eigenvalue weighted by atomic mass is 32.2. The fourth-order valence-electron chi connectivity index (χ4n) is 1.75. The van der Waals surface area contributed by atoms with Crippen molar-refractivity contribution in [3.05, 3.63) is 11.6 Å². The molecule has 0 amide bonds. The van der Waals surface area contributed by atoms with Crippen LogP contribution in [0.3, 0.4) is 0 Å². The molecule has 17 heavy (non-hydrogen) atoms. The first-order valence-electron chi connectivity index (χ1n) is 5.67. The van der Waals surface area contributed by atoms with Gasteiger partial charge in [-0.15, -0.1) is 0 Å². The Labute approximate surface area is 103 Å². The summed E-state index contributed by atoms with van der Waals surface area (Å²) in [5.74, 6) is 0. The zero-order valence-electron chi connectivity index (χ0n) is 10.3. The molecule has 0 aromatic heterocycles. The Morgan fingerprint density at radius 3 is 2.82 bits per heavy atom. The van der Waals surface area contributed by atoms with Crippen molar-refractivity contribution in [1.29, 1.82) is 0 Å². The molecule has 6 heteroatoms. The Kier molecular flexibility index (Phi) is 5.64. The molecule has 5 nitrogen and oxygen atoms in total. The number of oxime groups is 1. The highest BCUT2D eigenvalue weighted by Crippen LogP contribution is 2.21. The van der Waals surface area contributed by atoms with E-state index in [4.69, 9.17) is 4.84 Å². The zero-order chi connectivity index (χ0) is 12.7. The molecule has 0 radical (unpaired) electrons. The van der Waals surface area contributed by atoms with Gasteiger partial charge in [0.25, 0.3) is 10.1 Å². The number of hydrogen-bond acceptors (Lipinski definition) is 5. The van der Waals surface area contributed by atoms with E-state index in [1.54, 1.807) is 7.11 Å². The second-order valence-corrected chi connectivity index (χ2v) is 5.62. The molecule has 0 aromatic carbocycles. The van der Waals surface area contributed by atoms with Crippen LogP contribution in [-0.2, 0) is 19.1 Å². The Balaban J connectivity index is 2.21. The summed E-state index contributed by atoms with van der Waals surface area (Å²) in [6.45, 7) is 0.253. The van der Waals surface area contributed by atoms with E-state index in [2.05, 4.69) is 15.4 Å². The monoisotopic (exact) mass is 261 g/mol. The highest BCUT2D eigenvalue weighted by molar-refractivity contribution is 7.85. The van der Waals surface area contributed by atoms with Crippen molar-refractivity contribution in [1.82, 2.24) is 0 Å². The standard InChI is InChI=1S/C11H19NO4S/c1-15-12-11-8-5-7-10(11)6-3-4-9-16-17(2,13)14/h7H,3-6,8-9H2,1-2H3/b12-11-. The molecule has 0 spiro atoms. The molecule has 0 saturated heterocycles. The van der Waals surface area contributed by atoms with Crippen molar-refractivity contribution in [3.63, 3.8) is 0 Å². The SMILES string of the molecule is CO/N=C1/CCC=C1CCCCOS(C)(=O)=O. The highest BCUT2D eigenvalue weighted by Gasteiger charge is 2.13. The van der Waals surface area contributed by atoms with Crippen molar-refractivity contribution >= 4 is 15.8 Å². The van der Waals surface area contributed by atoms with Gasteiger partial charge in [-0.25, -0.2) is 0 Å². The number of nitrogens with zero attached hydrogens (tertiary/aromatic N) is 1. The molecule has 0 N–H and O–H groups in total. The lowest BCUT2D eigenvalue weighted by Gasteiger charge is -2.04. The van der Waals surface area contributed by atoms with Crippen LogP contribution >= 0.6 is 0 Å². The summed E-state index contributed by atoms with van der Waals surface area (Å²) in [7, 11) is -1.76. The summed E-state index contributed by atoms with van der Waals surface area (Å²) in [6.07, 6.45) is 7.69. The van der Waals surface area contributed by atoms with Gasteiger partial charge in [-0.1, -0.05) is 11.2 Å². The van der Waals surface area contributed by atoms with E-state index in [0.29, 0.717) is 0 Å². The Morgan fingerprint density at radius 1 is 1.41 bits per heavy atom. The summed E-state index contributed by atoms with van der Waals surface area (Å²) in [5.41, 5.74) is 2.22. The first-order valence-corrected chi connectivity index (χ1v) is 7.48. The average Bonchev–Trinajstić information content (AvgIpc) is 2.64. The first-order chi connectivity index (χ1) is 8.03. The van der Waals surface area contributed by atoms with E-state index in [1.165, 1.54) is 5.57 Å². The van der Waals surface area contributed by atoms with E-state index in [9.17, 15) is 8.42 Å². The predicted octanol–water partition coefficient (Wildman–Crippen LogP) is 1.86. The fraction of sp³-hybridized carbons (Fsp3) is 0.727. The Bertz CT molecular complexity index is 398. The number of hydrogen-bond donors (Lipinski definition) is 0. The first kappa shape index (κ1) is 14.2. The molecule has 0 unspecified atom stereocenters. The van der Waals surface area contributed by atoms with Crippen molar-refractivity contribution < 1.29 is 17.4 Å². The Hall–Kier alpha value is -0.880. The molecule has 0 atom stereocenters. The summed E-state index contributed by atoms with van der Waals surface area (Å²) in [5, 5.41) is 3.96. The lowest BCUT2D eigenvalue weighted by molar-refractivity contribution is 0.213. The molecule has 0 aliphatic heterocycles. The lowest BCUT2D eigenvalue weighted by Crippen LogP contribution is -2.04. The van der Waals surface area contributed by atoms with Gasteiger partial charge >= 0.3 is 0 Å². The average molecular weight is 261 g/mol. The van der Waals surface area contributed by atoms with Gasteiger partial charge in [0.1, 0.15) is 7.11 Å². The van der Waals surface area contributed by atoms with E-state index >= 15 is 0 Å². The molecule has 0 saturated carbocycles. The molecular weight excluding hydrogens is 242 g/mol. The van der Waals surface area contributed by atoms with Crippen LogP contribution in [0.25, 0.3) is 0 Å². The third-order valence-corrected chi connectivity index (χ3v) is 3.08. The van der Waals surface area contributed by atoms with Gasteiger partial charge < -0.3 is 4.84 Å². The normalized spacial score (nSPS) is 18.5. The van der Waals surface area contributed by atoms with Crippen LogP contribution in [-0.4, -0.2) is 34.1 Å². The summed E-state index contributed by atoms with van der Waals surface area (Å²) < 4.78 is 26.1. The van der Waals surface area contributed by atoms with Gasteiger partial charge in [-0.3, -0.25) is 4.18 Å². The maximum absolute atomic E-state index is 10.7. The molecule has 0 fully saturated rings. The molecule has 1 rings (SSSR count). The second kappa shape index (κ2) is 6.76. The number of allylic oxidation sites excluding steroid dienone is 2. The van der Waals surface area contributed by atoms with Gasteiger partial charge in [0.05, 0.1) is 18.6 Å². The second-order valence-electron chi connectivity index (χ2n) is 3.97. The minimum absolute atomic E-state index is 0.253. The van der Waals surface area contributed by atoms with Crippen LogP contribution in [0.5, 0.6) is 0 Å². The van der Waals surface area contributed by atoms with Crippen molar-refractivity contribution in [2.24, 2.45) is 5.16 Å². The smallest absolute Gasteiger partial charge is 0.264 e. The fourth-order valence-corrected chi connectivity index (χ4v) is 2.17. The van der Waals surface area contributed by atoms with Gasteiger partial charge in [0.15, 0.2) is 0 Å². The van der Waals surface area contributed by atoms with Crippen LogP contribution < -0.4 is 0 Å². The zero-order valence-corrected chi connectivity index (χ0v) is 11.1. The molecule has 0 bridgehead atoms. The van der Waals surface area contributed by atoms with Crippen LogP contribution in [0.2, 0.25) is 0 Å². The van der Waals surface area contributed by atoms with Crippen molar-refractivity contribution in [2.45, 2.75) is 32.1 Å². The summed E-state index contributed by atoms with van der Waals surface area (Å²) in [4.78, 5) is 4.77. The van der Waals surface area contributed by atoms with Crippen molar-refractivity contribution in [2.75, 3.05) is 20.0 Å². The van der Waals surface area contributed by atoms with Gasteiger partial charge in [0.2, 0.25) is 0 Å². The lowest BCUT2D eigenvalue weighted by atomic mass is 10.1. The predicted molar refractivity (Wildman–Crippen MR) is 66.4 cm³/mol. The minimum Gasteiger partial charge on any atom is -0.399 e. The van der Waals surface area contributed by atoms with Crippen molar-refractivity contribution in [3.8, 4) is 0 Å². The maximum Gasteiger partial charge on any atom is 0.264 e. The third-order valence-electron chi connectivity index (χ3n) is 2.48. The molecule has 0 aromatic rings. The van der Waals surface area contributed by atoms with Crippen LogP contribution in [0, 0.1) is 0 Å². The van der Waals surface area contributed by atoms with E-state index in [0.717, 1.165) is 44.1 Å². The van der Waals surface area contributed by atoms with Gasteiger partial charge in [0, 0.05) is 0 Å². The van der Waals surface area contributed by atoms with Crippen LogP contribution in [0.4, 0.5) is 0 Å². The van der Waals surface area contributed by atoms with E-state index in [1.807, 2.05) is 0 Å². The summed E-state index contributed by atoms with van der Waals surface area (Å²) >= 11 is 0. The van der Waals surface area contributed by atoms with Crippen LogP contribution in [0.15, 0.2) is 16.8 Å². The molecule has 1 aliphatic rings. The molecule has 98 valence electrons. The van der Waals surface area contributed by atoms with Gasteiger partial charge in [-0.2, -0.15) is 8.42 Å². The number of unbranched alkanes of at least 4 members (excludes halogenated alkanes) is 1. The Morgan fingerprint density at radius 2 is 2.18 bits per heavy atom. The molecule has 1 aliphatic carbocycles. The van der Waals surface area contributed by atoms with Gasteiger partial charge in [-0.05, 0) is 37.7 Å². The third kappa shape index (κ3) is 5.83. The van der Waals surface area contributed by atoms with E-state index in [-0.39, 0.29) is 6.61 Å². The largest absolute Gasteiger partial charge is 0.399 e. The minimum atomic E-state index is -3.30. The summed E-state index contributed by atoms with van der Waals surface area (Å²) in [6, 6.07) is 0. The maximum atomic E-state index is 10.7. The topological polar surface area (TPSA) is 65.0 Å².